The van der Waals surface area contributed by atoms with Gasteiger partial charge in [0.15, 0.2) is 0 Å². The van der Waals surface area contributed by atoms with Crippen LogP contribution in [0.2, 0.25) is 0 Å². The van der Waals surface area contributed by atoms with Gasteiger partial charge in [-0.05, 0) is 62.7 Å². The Kier molecular flexibility index (Phi) is 6.31. The minimum absolute atomic E-state index is 0.0882. The summed E-state index contributed by atoms with van der Waals surface area (Å²) in [5, 5.41) is 13.5. The lowest BCUT2D eigenvalue weighted by molar-refractivity contribution is 0.225. The van der Waals surface area contributed by atoms with Crippen LogP contribution < -0.4 is 10.9 Å². The van der Waals surface area contributed by atoms with Crippen molar-refractivity contribution >= 4 is 22.7 Å². The molecule has 8 heteroatoms. The Hall–Kier alpha value is -3.28. The largest absolute Gasteiger partial charge is 0.324 e. The summed E-state index contributed by atoms with van der Waals surface area (Å²) in [5.74, 6) is 0.465. The van der Waals surface area contributed by atoms with Crippen molar-refractivity contribution in [2.24, 2.45) is 0 Å². The number of benzene rings is 1. The summed E-state index contributed by atoms with van der Waals surface area (Å²) in [4.78, 5) is 26.9. The molecule has 0 amide bonds. The average molecular weight is 458 g/mol. The first-order valence-electron chi connectivity index (χ1n) is 12.1. The molecule has 0 radical (unpaired) electrons. The smallest absolute Gasteiger partial charge is 0.270 e. The summed E-state index contributed by atoms with van der Waals surface area (Å²) >= 11 is 0. The van der Waals surface area contributed by atoms with Gasteiger partial charge in [-0.1, -0.05) is 18.9 Å². The molecule has 0 spiro atoms. The Bertz CT molecular complexity index is 1300. The standard InChI is InChI=1S/C26H31N7O/c1-31(2)11-12-32-10-9-18-14-22(8-7-19(18)17-32)29-26-28-16-21-13-20(15-27)25(34)33(24(21)30-26)23-5-3-4-6-23/h7-8,13-14,16,23H,3-6,9-12,17H2,1-2H3,(H,28,29,30). The van der Waals surface area contributed by atoms with Gasteiger partial charge in [-0.25, -0.2) is 4.98 Å². The molecule has 176 valence electrons. The molecule has 2 aliphatic rings. The number of anilines is 2. The normalized spacial score (nSPS) is 16.6. The number of pyridine rings is 1. The fourth-order valence-corrected chi connectivity index (χ4v) is 5.11. The van der Waals surface area contributed by atoms with Crippen LogP contribution in [0.4, 0.5) is 11.6 Å². The molecule has 34 heavy (non-hydrogen) atoms. The number of rotatable bonds is 6. The van der Waals surface area contributed by atoms with E-state index in [0.717, 1.165) is 69.4 Å². The fraction of sp³-hybridized carbons (Fsp3) is 0.462. The number of nitriles is 1. The van der Waals surface area contributed by atoms with Crippen LogP contribution in [0.25, 0.3) is 11.0 Å². The molecular weight excluding hydrogens is 426 g/mol. The second-order valence-electron chi connectivity index (χ2n) is 9.69. The highest BCUT2D eigenvalue weighted by Crippen LogP contribution is 2.31. The van der Waals surface area contributed by atoms with Gasteiger partial charge in [0, 0.05) is 49.5 Å². The van der Waals surface area contributed by atoms with Gasteiger partial charge in [0.2, 0.25) is 5.95 Å². The molecule has 3 heterocycles. The van der Waals surface area contributed by atoms with E-state index < -0.39 is 0 Å². The molecular formula is C26H31N7O. The molecule has 0 bridgehead atoms. The minimum atomic E-state index is -0.251. The lowest BCUT2D eigenvalue weighted by atomic mass is 9.99. The van der Waals surface area contributed by atoms with Crippen molar-refractivity contribution < 1.29 is 0 Å². The second-order valence-corrected chi connectivity index (χ2v) is 9.69. The van der Waals surface area contributed by atoms with E-state index in [9.17, 15) is 10.1 Å². The predicted octanol–water partition coefficient (Wildman–Crippen LogP) is 3.44. The van der Waals surface area contributed by atoms with Crippen LogP contribution in [-0.4, -0.2) is 58.1 Å². The van der Waals surface area contributed by atoms with Crippen molar-refractivity contribution in [2.45, 2.75) is 44.7 Å². The van der Waals surface area contributed by atoms with E-state index in [4.69, 9.17) is 4.98 Å². The number of nitrogens with zero attached hydrogens (tertiary/aromatic N) is 6. The van der Waals surface area contributed by atoms with Crippen LogP contribution in [0.3, 0.4) is 0 Å². The van der Waals surface area contributed by atoms with Crippen molar-refractivity contribution in [1.82, 2.24) is 24.3 Å². The molecule has 1 aromatic carbocycles. The maximum atomic E-state index is 13.0. The highest BCUT2D eigenvalue weighted by Gasteiger charge is 2.23. The highest BCUT2D eigenvalue weighted by atomic mass is 16.1. The summed E-state index contributed by atoms with van der Waals surface area (Å²) < 4.78 is 1.73. The number of hydrogen-bond donors (Lipinski definition) is 1. The lowest BCUT2D eigenvalue weighted by Crippen LogP contribution is -2.35. The molecule has 1 aliphatic carbocycles. The molecule has 1 aliphatic heterocycles. The molecule has 5 rings (SSSR count). The van der Waals surface area contributed by atoms with E-state index in [1.54, 1.807) is 16.8 Å². The first-order valence-corrected chi connectivity index (χ1v) is 12.1. The monoisotopic (exact) mass is 457 g/mol. The first-order chi connectivity index (χ1) is 16.5. The Morgan fingerprint density at radius 3 is 2.79 bits per heavy atom. The number of aromatic nitrogens is 3. The Balaban J connectivity index is 1.41. The summed E-state index contributed by atoms with van der Waals surface area (Å²) in [7, 11) is 4.22. The van der Waals surface area contributed by atoms with Crippen LogP contribution >= 0.6 is 0 Å². The number of nitrogens with one attached hydrogen (secondary N) is 1. The van der Waals surface area contributed by atoms with Crippen LogP contribution in [-0.2, 0) is 13.0 Å². The van der Waals surface area contributed by atoms with Gasteiger partial charge in [0.1, 0.15) is 17.3 Å². The Morgan fingerprint density at radius 2 is 2.03 bits per heavy atom. The third-order valence-electron chi connectivity index (χ3n) is 7.00. The van der Waals surface area contributed by atoms with Gasteiger partial charge in [-0.2, -0.15) is 10.2 Å². The van der Waals surface area contributed by atoms with E-state index in [1.807, 2.05) is 6.07 Å². The molecule has 1 N–H and O–H groups in total. The maximum Gasteiger partial charge on any atom is 0.270 e. The van der Waals surface area contributed by atoms with Crippen LogP contribution in [0.5, 0.6) is 0 Å². The summed E-state index contributed by atoms with van der Waals surface area (Å²) in [6.45, 7) is 4.18. The van der Waals surface area contributed by atoms with E-state index >= 15 is 0 Å². The van der Waals surface area contributed by atoms with Crippen LogP contribution in [0.15, 0.2) is 35.3 Å². The number of likely N-dealkylation sites (N-methyl/N-ethyl adjacent to an activating group) is 1. The van der Waals surface area contributed by atoms with Crippen molar-refractivity contribution in [1.29, 1.82) is 5.26 Å². The van der Waals surface area contributed by atoms with E-state index in [0.29, 0.717) is 11.6 Å². The van der Waals surface area contributed by atoms with Crippen molar-refractivity contribution in [2.75, 3.05) is 39.0 Å². The van der Waals surface area contributed by atoms with E-state index in [2.05, 4.69) is 52.4 Å². The van der Waals surface area contributed by atoms with E-state index in [1.165, 1.54) is 11.1 Å². The highest BCUT2D eigenvalue weighted by molar-refractivity contribution is 5.77. The second kappa shape index (κ2) is 9.53. The van der Waals surface area contributed by atoms with E-state index in [-0.39, 0.29) is 17.2 Å². The molecule has 1 fully saturated rings. The van der Waals surface area contributed by atoms with Crippen LogP contribution in [0, 0.1) is 11.3 Å². The molecule has 0 unspecified atom stereocenters. The van der Waals surface area contributed by atoms with Gasteiger partial charge in [0.05, 0.1) is 0 Å². The SMILES string of the molecule is CN(C)CCN1CCc2cc(Nc3ncc4cc(C#N)c(=O)n(C5CCCC5)c4n3)ccc2C1. The maximum absolute atomic E-state index is 13.0. The minimum Gasteiger partial charge on any atom is -0.324 e. The summed E-state index contributed by atoms with van der Waals surface area (Å²) in [6, 6.07) is 10.2. The van der Waals surface area contributed by atoms with Crippen LogP contribution in [0.1, 0.15) is 48.4 Å². The Labute approximate surface area is 199 Å². The fourth-order valence-electron chi connectivity index (χ4n) is 5.11. The van der Waals surface area contributed by atoms with Crippen molar-refractivity contribution in [3.8, 4) is 6.07 Å². The molecule has 1 saturated carbocycles. The zero-order valence-electron chi connectivity index (χ0n) is 19.9. The quantitative estimate of drug-likeness (QED) is 0.606. The molecule has 3 aromatic rings. The third kappa shape index (κ3) is 4.54. The molecule has 0 saturated heterocycles. The van der Waals surface area contributed by atoms with Crippen molar-refractivity contribution in [3.05, 3.63) is 57.5 Å². The lowest BCUT2D eigenvalue weighted by Gasteiger charge is -2.30. The number of fused-ring (bicyclic) bond motifs is 2. The van der Waals surface area contributed by atoms with Gasteiger partial charge < -0.3 is 10.2 Å². The molecule has 8 nitrogen and oxygen atoms in total. The number of hydrogen-bond acceptors (Lipinski definition) is 7. The zero-order valence-corrected chi connectivity index (χ0v) is 19.9. The van der Waals surface area contributed by atoms with Gasteiger partial charge >= 0.3 is 0 Å². The van der Waals surface area contributed by atoms with Gasteiger partial charge in [-0.3, -0.25) is 14.3 Å². The first kappa shape index (κ1) is 22.5. The van der Waals surface area contributed by atoms with Crippen molar-refractivity contribution in [3.63, 3.8) is 0 Å². The van der Waals surface area contributed by atoms with Gasteiger partial charge in [-0.15, -0.1) is 0 Å². The predicted molar refractivity (Wildman–Crippen MR) is 133 cm³/mol. The van der Waals surface area contributed by atoms with Gasteiger partial charge in [0.25, 0.3) is 5.56 Å². The molecule has 0 atom stereocenters. The Morgan fingerprint density at radius 1 is 1.21 bits per heavy atom. The average Bonchev–Trinajstić information content (AvgIpc) is 3.36. The summed E-state index contributed by atoms with van der Waals surface area (Å²) in [6.07, 6.45) is 6.78. The third-order valence-corrected chi connectivity index (χ3v) is 7.00. The summed E-state index contributed by atoms with van der Waals surface area (Å²) in [5.41, 5.74) is 4.17. The zero-order chi connectivity index (χ0) is 23.7. The molecule has 2 aromatic heterocycles. The topological polar surface area (TPSA) is 90.1 Å².